The molecule has 1 unspecified atom stereocenters. The topological polar surface area (TPSA) is 21.3 Å². The van der Waals surface area contributed by atoms with Crippen LogP contribution in [-0.2, 0) is 6.42 Å². The summed E-state index contributed by atoms with van der Waals surface area (Å²) >= 11 is 0. The summed E-state index contributed by atoms with van der Waals surface area (Å²) in [7, 11) is 2.02. The third-order valence-electron chi connectivity index (χ3n) is 3.00. The Kier molecular flexibility index (Phi) is 3.27. The molecule has 1 aromatic rings. The van der Waals surface area contributed by atoms with Crippen molar-refractivity contribution < 1.29 is 4.74 Å². The predicted octanol–water partition coefficient (Wildman–Crippen LogP) is 2.68. The van der Waals surface area contributed by atoms with Crippen LogP contribution in [0.5, 0.6) is 5.75 Å². The molecule has 1 N–H and O–H groups in total. The molecule has 15 heavy (non-hydrogen) atoms. The SMILES string of the molecule is CCCc1ccc2c(c1)C(NC)CCO2. The van der Waals surface area contributed by atoms with E-state index in [1.165, 1.54) is 17.5 Å². The number of hydrogen-bond donors (Lipinski definition) is 1. The van der Waals surface area contributed by atoms with Crippen LogP contribution in [-0.4, -0.2) is 13.7 Å². The second kappa shape index (κ2) is 4.67. The molecule has 0 radical (unpaired) electrons. The number of aryl methyl sites for hydroxylation is 1. The van der Waals surface area contributed by atoms with Gasteiger partial charge in [-0.2, -0.15) is 0 Å². The number of ether oxygens (including phenoxy) is 1. The average molecular weight is 205 g/mol. The van der Waals surface area contributed by atoms with E-state index in [4.69, 9.17) is 4.74 Å². The fourth-order valence-corrected chi connectivity index (χ4v) is 2.19. The lowest BCUT2D eigenvalue weighted by molar-refractivity contribution is 0.257. The van der Waals surface area contributed by atoms with Crippen LogP contribution >= 0.6 is 0 Å². The van der Waals surface area contributed by atoms with Crippen LogP contribution < -0.4 is 10.1 Å². The molecular weight excluding hydrogens is 186 g/mol. The Morgan fingerprint density at radius 1 is 1.47 bits per heavy atom. The molecule has 82 valence electrons. The van der Waals surface area contributed by atoms with Crippen LogP contribution in [0.4, 0.5) is 0 Å². The zero-order valence-electron chi connectivity index (χ0n) is 9.55. The lowest BCUT2D eigenvalue weighted by Gasteiger charge is -2.26. The van der Waals surface area contributed by atoms with E-state index in [-0.39, 0.29) is 0 Å². The number of nitrogens with one attached hydrogen (secondary N) is 1. The monoisotopic (exact) mass is 205 g/mol. The number of hydrogen-bond acceptors (Lipinski definition) is 2. The van der Waals surface area contributed by atoms with Crippen LogP contribution in [0.15, 0.2) is 18.2 Å². The highest BCUT2D eigenvalue weighted by molar-refractivity contribution is 5.40. The molecule has 0 saturated heterocycles. The van der Waals surface area contributed by atoms with E-state index in [1.54, 1.807) is 0 Å². The fraction of sp³-hybridized carbons (Fsp3) is 0.538. The van der Waals surface area contributed by atoms with Crippen molar-refractivity contribution >= 4 is 0 Å². The molecule has 1 aliphatic rings. The van der Waals surface area contributed by atoms with Gasteiger partial charge in [-0.05, 0) is 25.1 Å². The zero-order valence-corrected chi connectivity index (χ0v) is 9.55. The van der Waals surface area contributed by atoms with Gasteiger partial charge in [0.25, 0.3) is 0 Å². The van der Waals surface area contributed by atoms with Crippen molar-refractivity contribution in [1.29, 1.82) is 0 Å². The molecule has 1 heterocycles. The minimum Gasteiger partial charge on any atom is -0.493 e. The number of fused-ring (bicyclic) bond motifs is 1. The first-order chi connectivity index (χ1) is 7.35. The third kappa shape index (κ3) is 2.15. The van der Waals surface area contributed by atoms with Gasteiger partial charge in [-0.25, -0.2) is 0 Å². The normalized spacial score (nSPS) is 19.5. The highest BCUT2D eigenvalue weighted by Gasteiger charge is 2.19. The Morgan fingerprint density at radius 3 is 3.07 bits per heavy atom. The van der Waals surface area contributed by atoms with Crippen LogP contribution in [0.3, 0.4) is 0 Å². The smallest absolute Gasteiger partial charge is 0.124 e. The van der Waals surface area contributed by atoms with Crippen LogP contribution in [0, 0.1) is 0 Å². The van der Waals surface area contributed by atoms with Crippen molar-refractivity contribution in [2.75, 3.05) is 13.7 Å². The number of benzene rings is 1. The first-order valence-electron chi connectivity index (χ1n) is 5.78. The fourth-order valence-electron chi connectivity index (χ4n) is 2.19. The predicted molar refractivity (Wildman–Crippen MR) is 62.3 cm³/mol. The second-order valence-electron chi connectivity index (χ2n) is 4.10. The van der Waals surface area contributed by atoms with Gasteiger partial charge in [-0.15, -0.1) is 0 Å². The van der Waals surface area contributed by atoms with E-state index in [1.807, 2.05) is 7.05 Å². The van der Waals surface area contributed by atoms with Gasteiger partial charge in [0.1, 0.15) is 5.75 Å². The van der Waals surface area contributed by atoms with E-state index in [0.29, 0.717) is 6.04 Å². The highest BCUT2D eigenvalue weighted by atomic mass is 16.5. The molecule has 1 aromatic carbocycles. The largest absolute Gasteiger partial charge is 0.493 e. The molecule has 0 fully saturated rings. The van der Waals surface area contributed by atoms with Crippen molar-refractivity contribution in [3.05, 3.63) is 29.3 Å². The maximum atomic E-state index is 5.65. The molecule has 0 amide bonds. The van der Waals surface area contributed by atoms with Gasteiger partial charge in [0, 0.05) is 18.0 Å². The minimum atomic E-state index is 0.463. The molecule has 1 aliphatic heterocycles. The summed E-state index contributed by atoms with van der Waals surface area (Å²) in [6, 6.07) is 7.05. The van der Waals surface area contributed by atoms with Gasteiger partial charge in [-0.1, -0.05) is 25.5 Å². The van der Waals surface area contributed by atoms with Gasteiger partial charge in [-0.3, -0.25) is 0 Å². The van der Waals surface area contributed by atoms with Crippen LogP contribution in [0.1, 0.15) is 36.9 Å². The second-order valence-corrected chi connectivity index (χ2v) is 4.10. The lowest BCUT2D eigenvalue weighted by atomic mass is 9.97. The summed E-state index contributed by atoms with van der Waals surface area (Å²) in [4.78, 5) is 0. The quantitative estimate of drug-likeness (QED) is 0.819. The summed E-state index contributed by atoms with van der Waals surface area (Å²) in [5, 5.41) is 3.35. The minimum absolute atomic E-state index is 0.463. The summed E-state index contributed by atoms with van der Waals surface area (Å²) in [6.45, 7) is 3.04. The molecule has 0 aliphatic carbocycles. The van der Waals surface area contributed by atoms with Gasteiger partial charge >= 0.3 is 0 Å². The molecule has 2 heteroatoms. The molecule has 2 nitrogen and oxygen atoms in total. The molecule has 0 bridgehead atoms. The maximum Gasteiger partial charge on any atom is 0.124 e. The Balaban J connectivity index is 2.30. The average Bonchev–Trinajstić information content (AvgIpc) is 2.28. The molecule has 1 atom stereocenters. The van der Waals surface area contributed by atoms with Gasteiger partial charge in [0.05, 0.1) is 6.61 Å². The molecule has 0 spiro atoms. The van der Waals surface area contributed by atoms with Crippen molar-refractivity contribution in [1.82, 2.24) is 5.32 Å². The van der Waals surface area contributed by atoms with Crippen LogP contribution in [0.25, 0.3) is 0 Å². The molecular formula is C13H19NO. The lowest BCUT2D eigenvalue weighted by Crippen LogP contribution is -2.24. The molecule has 0 aromatic heterocycles. The van der Waals surface area contributed by atoms with Crippen molar-refractivity contribution in [3.63, 3.8) is 0 Å². The van der Waals surface area contributed by atoms with Gasteiger partial charge in [0.2, 0.25) is 0 Å². The van der Waals surface area contributed by atoms with Crippen molar-refractivity contribution in [2.45, 2.75) is 32.2 Å². The van der Waals surface area contributed by atoms with E-state index in [0.717, 1.165) is 25.2 Å². The Hall–Kier alpha value is -1.02. The Morgan fingerprint density at radius 2 is 2.33 bits per heavy atom. The number of rotatable bonds is 3. The summed E-state index contributed by atoms with van der Waals surface area (Å²) < 4.78 is 5.65. The Bertz CT molecular complexity index is 335. The summed E-state index contributed by atoms with van der Waals surface area (Å²) in [6.07, 6.45) is 3.42. The van der Waals surface area contributed by atoms with E-state index in [2.05, 4.69) is 30.4 Å². The van der Waals surface area contributed by atoms with Crippen LogP contribution in [0.2, 0.25) is 0 Å². The summed E-state index contributed by atoms with van der Waals surface area (Å²) in [5.74, 6) is 1.06. The molecule has 0 saturated carbocycles. The first kappa shape index (κ1) is 10.5. The third-order valence-corrected chi connectivity index (χ3v) is 3.00. The van der Waals surface area contributed by atoms with E-state index in [9.17, 15) is 0 Å². The first-order valence-corrected chi connectivity index (χ1v) is 5.78. The van der Waals surface area contributed by atoms with E-state index < -0.39 is 0 Å². The van der Waals surface area contributed by atoms with Crippen molar-refractivity contribution in [3.8, 4) is 5.75 Å². The maximum absolute atomic E-state index is 5.65. The summed E-state index contributed by atoms with van der Waals surface area (Å²) in [5.41, 5.74) is 2.75. The zero-order chi connectivity index (χ0) is 10.7. The van der Waals surface area contributed by atoms with E-state index >= 15 is 0 Å². The Labute approximate surface area is 91.6 Å². The standard InChI is InChI=1S/C13H19NO/c1-3-4-10-5-6-13-11(9-10)12(14-2)7-8-15-13/h5-6,9,12,14H,3-4,7-8H2,1-2H3. The van der Waals surface area contributed by atoms with Crippen molar-refractivity contribution in [2.24, 2.45) is 0 Å². The highest BCUT2D eigenvalue weighted by Crippen LogP contribution is 2.32. The van der Waals surface area contributed by atoms with Gasteiger partial charge in [0.15, 0.2) is 0 Å². The van der Waals surface area contributed by atoms with Gasteiger partial charge < -0.3 is 10.1 Å². The molecule has 2 rings (SSSR count).